The molecule has 1 N–H and O–H groups in total. The molecule has 0 aliphatic rings. The molecule has 1 aromatic carbocycles. The first-order chi connectivity index (χ1) is 9.51. The molecule has 0 saturated carbocycles. The highest BCUT2D eigenvalue weighted by Gasteiger charge is 2.08. The molecule has 1 heterocycles. The van der Waals surface area contributed by atoms with E-state index >= 15 is 0 Å². The number of allylic oxidation sites excluding steroid dienone is 1. The Morgan fingerprint density at radius 2 is 2.15 bits per heavy atom. The van der Waals surface area contributed by atoms with E-state index in [-0.39, 0.29) is 11.5 Å². The van der Waals surface area contributed by atoms with Gasteiger partial charge in [0.05, 0.1) is 16.5 Å². The van der Waals surface area contributed by atoms with Gasteiger partial charge >= 0.3 is 0 Å². The van der Waals surface area contributed by atoms with Gasteiger partial charge in [-0.3, -0.25) is 4.79 Å². The minimum absolute atomic E-state index is 0.0359. The number of hydrogen-bond donors (Lipinski definition) is 1. The molecule has 1 aromatic heterocycles. The lowest BCUT2D eigenvalue weighted by Crippen LogP contribution is -1.89. The van der Waals surface area contributed by atoms with Crippen LogP contribution in [0.15, 0.2) is 34.8 Å². The molecule has 0 saturated heterocycles. The Bertz CT molecular complexity index is 674. The molecule has 0 aliphatic heterocycles. The van der Waals surface area contributed by atoms with Crippen molar-refractivity contribution in [3.05, 3.63) is 50.1 Å². The van der Waals surface area contributed by atoms with Crippen LogP contribution in [0.5, 0.6) is 11.5 Å². The van der Waals surface area contributed by atoms with Crippen LogP contribution in [0, 0.1) is 6.92 Å². The monoisotopic (exact) mass is 352 g/mol. The maximum Gasteiger partial charge on any atom is 0.195 e. The predicted octanol–water partition coefficient (Wildman–Crippen LogP) is 4.43. The summed E-state index contributed by atoms with van der Waals surface area (Å²) in [7, 11) is 1.48. The Hall–Kier alpha value is -1.59. The van der Waals surface area contributed by atoms with Crippen LogP contribution in [0.4, 0.5) is 0 Å². The molecule has 0 radical (unpaired) electrons. The number of aryl methyl sites for hydroxylation is 1. The van der Waals surface area contributed by atoms with E-state index in [1.54, 1.807) is 18.2 Å². The molecule has 20 heavy (non-hydrogen) atoms. The van der Waals surface area contributed by atoms with Crippen molar-refractivity contribution >= 4 is 39.1 Å². The number of hydrogen-bond acceptors (Lipinski definition) is 4. The lowest BCUT2D eigenvalue weighted by Gasteiger charge is -2.06. The molecule has 0 fully saturated rings. The van der Waals surface area contributed by atoms with E-state index in [2.05, 4.69) is 15.9 Å². The number of phenolic OH excluding ortho intramolecular Hbond substituents is 1. The van der Waals surface area contributed by atoms with E-state index in [4.69, 9.17) is 4.74 Å². The van der Waals surface area contributed by atoms with Gasteiger partial charge in [-0.15, -0.1) is 11.3 Å². The minimum atomic E-state index is -0.0359. The first-order valence-electron chi connectivity index (χ1n) is 5.86. The van der Waals surface area contributed by atoms with Crippen LogP contribution in [-0.4, -0.2) is 18.0 Å². The van der Waals surface area contributed by atoms with Gasteiger partial charge in [0, 0.05) is 4.88 Å². The number of carbonyl (C=O) groups excluding carboxylic acids is 1. The topological polar surface area (TPSA) is 46.5 Å². The average Bonchev–Trinajstić information content (AvgIpc) is 2.86. The fourth-order valence-corrected chi connectivity index (χ4v) is 2.91. The molecule has 0 atom stereocenters. The van der Waals surface area contributed by atoms with Crippen LogP contribution in [0.2, 0.25) is 0 Å². The smallest absolute Gasteiger partial charge is 0.195 e. The van der Waals surface area contributed by atoms with E-state index in [9.17, 15) is 9.90 Å². The predicted molar refractivity (Wildman–Crippen MR) is 84.8 cm³/mol. The molecule has 0 amide bonds. The van der Waals surface area contributed by atoms with Crippen LogP contribution < -0.4 is 4.74 Å². The molecular formula is C15H13BrO3S. The number of methoxy groups -OCH3 is 1. The van der Waals surface area contributed by atoms with Crippen molar-refractivity contribution in [2.45, 2.75) is 6.92 Å². The number of thiophene rings is 1. The van der Waals surface area contributed by atoms with E-state index in [0.29, 0.717) is 15.1 Å². The van der Waals surface area contributed by atoms with E-state index in [1.807, 2.05) is 19.1 Å². The summed E-state index contributed by atoms with van der Waals surface area (Å²) in [4.78, 5) is 13.8. The number of carbonyl (C=O) groups is 1. The third-order valence-electron chi connectivity index (χ3n) is 2.68. The van der Waals surface area contributed by atoms with Crippen molar-refractivity contribution in [3.63, 3.8) is 0 Å². The molecule has 5 heteroatoms. The van der Waals surface area contributed by atoms with Crippen LogP contribution >= 0.6 is 27.3 Å². The van der Waals surface area contributed by atoms with Crippen LogP contribution in [-0.2, 0) is 0 Å². The SMILES string of the molecule is COc1cc(C=CC(=O)c2ccc(C)s2)cc(Br)c1O. The maximum absolute atomic E-state index is 12.0. The summed E-state index contributed by atoms with van der Waals surface area (Å²) in [5.74, 6) is 0.370. The van der Waals surface area contributed by atoms with Crippen LogP contribution in [0.25, 0.3) is 6.08 Å². The number of benzene rings is 1. The van der Waals surface area contributed by atoms with E-state index in [0.717, 1.165) is 10.4 Å². The fraction of sp³-hybridized carbons (Fsp3) is 0.133. The first-order valence-corrected chi connectivity index (χ1v) is 7.47. The van der Waals surface area contributed by atoms with Gasteiger partial charge in [-0.2, -0.15) is 0 Å². The second-order valence-corrected chi connectivity index (χ2v) is 6.30. The van der Waals surface area contributed by atoms with Gasteiger partial charge in [0.15, 0.2) is 17.3 Å². The Labute approximate surface area is 129 Å². The maximum atomic E-state index is 12.0. The summed E-state index contributed by atoms with van der Waals surface area (Å²) in [6, 6.07) is 7.14. The molecular weight excluding hydrogens is 340 g/mol. The van der Waals surface area contributed by atoms with Crippen molar-refractivity contribution in [1.29, 1.82) is 0 Å². The Balaban J connectivity index is 2.23. The van der Waals surface area contributed by atoms with Gasteiger partial charge in [0.25, 0.3) is 0 Å². The minimum Gasteiger partial charge on any atom is -0.503 e. The zero-order valence-electron chi connectivity index (χ0n) is 11.0. The Morgan fingerprint density at radius 3 is 2.75 bits per heavy atom. The highest BCUT2D eigenvalue weighted by Crippen LogP contribution is 2.35. The largest absolute Gasteiger partial charge is 0.503 e. The molecule has 0 unspecified atom stereocenters. The van der Waals surface area contributed by atoms with Crippen molar-refractivity contribution in [1.82, 2.24) is 0 Å². The summed E-state index contributed by atoms with van der Waals surface area (Å²) < 4.78 is 5.59. The second kappa shape index (κ2) is 6.24. The van der Waals surface area contributed by atoms with Gasteiger partial charge in [0.2, 0.25) is 0 Å². The second-order valence-electron chi connectivity index (χ2n) is 4.16. The van der Waals surface area contributed by atoms with Crippen molar-refractivity contribution in [3.8, 4) is 11.5 Å². The van der Waals surface area contributed by atoms with Gasteiger partial charge < -0.3 is 9.84 Å². The lowest BCUT2D eigenvalue weighted by molar-refractivity contribution is 0.105. The Kier molecular flexibility index (Phi) is 4.62. The van der Waals surface area contributed by atoms with Crippen molar-refractivity contribution in [2.24, 2.45) is 0 Å². The Morgan fingerprint density at radius 1 is 1.40 bits per heavy atom. The third-order valence-corrected chi connectivity index (χ3v) is 4.30. The van der Waals surface area contributed by atoms with Crippen molar-refractivity contribution < 1.29 is 14.6 Å². The van der Waals surface area contributed by atoms with Crippen LogP contribution in [0.3, 0.4) is 0 Å². The number of ketones is 1. The zero-order chi connectivity index (χ0) is 14.7. The summed E-state index contributed by atoms with van der Waals surface area (Å²) >= 11 is 4.72. The number of aromatic hydroxyl groups is 1. The molecule has 2 aromatic rings. The normalized spacial score (nSPS) is 10.9. The summed E-state index contributed by atoms with van der Waals surface area (Å²) in [6.07, 6.45) is 3.22. The summed E-state index contributed by atoms with van der Waals surface area (Å²) in [5, 5.41) is 9.72. The standard InChI is InChI=1S/C15H13BrO3S/c1-9-3-6-14(20-9)12(17)5-4-10-7-11(16)15(18)13(8-10)19-2/h3-8,18H,1-2H3. The summed E-state index contributed by atoms with van der Waals surface area (Å²) in [6.45, 7) is 1.97. The van der Waals surface area contributed by atoms with Crippen molar-refractivity contribution in [2.75, 3.05) is 7.11 Å². The molecule has 0 spiro atoms. The average molecular weight is 353 g/mol. The molecule has 2 rings (SSSR count). The first kappa shape index (κ1) is 14.8. The molecule has 104 valence electrons. The molecule has 3 nitrogen and oxygen atoms in total. The van der Waals surface area contributed by atoms with Crippen LogP contribution in [0.1, 0.15) is 20.1 Å². The highest BCUT2D eigenvalue weighted by atomic mass is 79.9. The number of ether oxygens (including phenoxy) is 1. The van der Waals surface area contributed by atoms with E-state index < -0.39 is 0 Å². The number of phenols is 1. The van der Waals surface area contributed by atoms with Gasteiger partial charge in [-0.05, 0) is 58.8 Å². The third kappa shape index (κ3) is 3.29. The zero-order valence-corrected chi connectivity index (χ0v) is 13.4. The highest BCUT2D eigenvalue weighted by molar-refractivity contribution is 9.10. The quantitative estimate of drug-likeness (QED) is 0.653. The van der Waals surface area contributed by atoms with Gasteiger partial charge in [-0.1, -0.05) is 6.08 Å². The van der Waals surface area contributed by atoms with E-state index in [1.165, 1.54) is 24.5 Å². The number of halogens is 1. The summed E-state index contributed by atoms with van der Waals surface area (Å²) in [5.41, 5.74) is 0.771. The number of rotatable bonds is 4. The molecule has 0 bridgehead atoms. The van der Waals surface area contributed by atoms with Gasteiger partial charge in [-0.25, -0.2) is 0 Å². The lowest BCUT2D eigenvalue weighted by atomic mass is 10.1. The van der Waals surface area contributed by atoms with Gasteiger partial charge in [0.1, 0.15) is 0 Å². The molecule has 0 aliphatic carbocycles. The fourth-order valence-electron chi connectivity index (χ4n) is 1.67.